The number of aryl methyl sites for hydroxylation is 1. The SMILES string of the molecule is C=CCCc1ccc(C#C[C@H]2CC[C@H](c3ccc(OC(F)(F)F)cc3)CC2)cc1. The monoisotopic (exact) mass is 398 g/mol. The summed E-state index contributed by atoms with van der Waals surface area (Å²) in [4.78, 5) is 0. The summed E-state index contributed by atoms with van der Waals surface area (Å²) in [5.41, 5.74) is 3.40. The van der Waals surface area contributed by atoms with Crippen LogP contribution in [0.5, 0.6) is 5.75 Å². The van der Waals surface area contributed by atoms with Gasteiger partial charge in [-0.1, -0.05) is 42.2 Å². The Hall–Kier alpha value is -2.67. The lowest BCUT2D eigenvalue weighted by Crippen LogP contribution is -2.17. The molecule has 1 aliphatic carbocycles. The summed E-state index contributed by atoms with van der Waals surface area (Å²) in [6, 6.07) is 14.7. The van der Waals surface area contributed by atoms with Crippen molar-refractivity contribution in [1.82, 2.24) is 0 Å². The summed E-state index contributed by atoms with van der Waals surface area (Å²) >= 11 is 0. The third-order valence-electron chi connectivity index (χ3n) is 5.32. The van der Waals surface area contributed by atoms with E-state index in [0.717, 1.165) is 49.7 Å². The summed E-state index contributed by atoms with van der Waals surface area (Å²) < 4.78 is 40.7. The minimum atomic E-state index is -4.65. The fraction of sp³-hybridized carbons (Fsp3) is 0.360. The van der Waals surface area contributed by atoms with Crippen molar-refractivity contribution in [1.29, 1.82) is 0 Å². The van der Waals surface area contributed by atoms with Crippen LogP contribution in [0.1, 0.15) is 54.7 Å². The Morgan fingerprint density at radius 3 is 2.21 bits per heavy atom. The molecule has 0 N–H and O–H groups in total. The van der Waals surface area contributed by atoms with Gasteiger partial charge in [-0.05, 0) is 79.8 Å². The summed E-state index contributed by atoms with van der Waals surface area (Å²) in [5.74, 6) is 7.26. The van der Waals surface area contributed by atoms with Crippen LogP contribution in [0.2, 0.25) is 0 Å². The van der Waals surface area contributed by atoms with Crippen LogP contribution in [0, 0.1) is 17.8 Å². The Kier molecular flexibility index (Phi) is 7.04. The molecular weight excluding hydrogens is 373 g/mol. The van der Waals surface area contributed by atoms with E-state index in [1.807, 2.05) is 6.08 Å². The van der Waals surface area contributed by atoms with E-state index >= 15 is 0 Å². The van der Waals surface area contributed by atoms with Gasteiger partial charge in [-0.15, -0.1) is 19.8 Å². The van der Waals surface area contributed by atoms with E-state index in [1.165, 1.54) is 17.7 Å². The van der Waals surface area contributed by atoms with Gasteiger partial charge in [0.1, 0.15) is 5.75 Å². The predicted octanol–water partition coefficient (Wildman–Crippen LogP) is 7.03. The van der Waals surface area contributed by atoms with Gasteiger partial charge in [-0.2, -0.15) is 0 Å². The fourth-order valence-corrected chi connectivity index (χ4v) is 3.72. The van der Waals surface area contributed by atoms with Crippen molar-refractivity contribution in [2.45, 2.75) is 50.8 Å². The molecule has 1 nitrogen and oxygen atoms in total. The van der Waals surface area contributed by atoms with Gasteiger partial charge in [0.05, 0.1) is 0 Å². The van der Waals surface area contributed by atoms with E-state index < -0.39 is 6.36 Å². The molecule has 0 unspecified atom stereocenters. The van der Waals surface area contributed by atoms with Gasteiger partial charge in [0.15, 0.2) is 0 Å². The van der Waals surface area contributed by atoms with Crippen LogP contribution in [0.25, 0.3) is 0 Å². The molecule has 0 heterocycles. The Bertz CT molecular complexity index is 846. The highest BCUT2D eigenvalue weighted by atomic mass is 19.4. The van der Waals surface area contributed by atoms with Crippen LogP contribution in [0.15, 0.2) is 61.2 Å². The normalized spacial score (nSPS) is 19.1. The van der Waals surface area contributed by atoms with Crippen molar-refractivity contribution in [2.75, 3.05) is 0 Å². The average Bonchev–Trinajstić information content (AvgIpc) is 2.71. The first-order chi connectivity index (χ1) is 13.9. The highest BCUT2D eigenvalue weighted by Gasteiger charge is 2.31. The molecule has 2 aromatic rings. The van der Waals surface area contributed by atoms with Gasteiger partial charge >= 0.3 is 6.36 Å². The van der Waals surface area contributed by atoms with E-state index in [4.69, 9.17) is 0 Å². The number of ether oxygens (including phenoxy) is 1. The number of rotatable bonds is 5. The minimum absolute atomic E-state index is 0.170. The van der Waals surface area contributed by atoms with Gasteiger partial charge in [0.2, 0.25) is 0 Å². The standard InChI is InChI=1S/C25H25F3O/c1-2-3-4-19-5-7-20(8-6-19)9-10-21-11-13-22(14-12-21)23-15-17-24(18-16-23)29-25(26,27)28/h2,5-8,15-18,21-22H,1,3-4,11-14H2/t21-,22-. The molecule has 1 aliphatic rings. The Balaban J connectivity index is 1.51. The van der Waals surface area contributed by atoms with Crippen molar-refractivity contribution in [2.24, 2.45) is 5.92 Å². The van der Waals surface area contributed by atoms with E-state index in [0.29, 0.717) is 11.8 Å². The topological polar surface area (TPSA) is 9.23 Å². The second-order valence-electron chi connectivity index (χ2n) is 7.46. The third-order valence-corrected chi connectivity index (χ3v) is 5.32. The van der Waals surface area contributed by atoms with E-state index in [9.17, 15) is 13.2 Å². The predicted molar refractivity (Wildman–Crippen MR) is 110 cm³/mol. The van der Waals surface area contributed by atoms with Crippen molar-refractivity contribution < 1.29 is 17.9 Å². The lowest BCUT2D eigenvalue weighted by molar-refractivity contribution is -0.274. The summed E-state index contributed by atoms with van der Waals surface area (Å²) in [7, 11) is 0. The number of hydrogen-bond acceptors (Lipinski definition) is 1. The molecule has 0 amide bonds. The van der Waals surface area contributed by atoms with Crippen LogP contribution in [0.4, 0.5) is 13.2 Å². The quantitative estimate of drug-likeness (QED) is 0.388. The molecule has 1 saturated carbocycles. The van der Waals surface area contributed by atoms with Gasteiger partial charge in [-0.25, -0.2) is 0 Å². The lowest BCUT2D eigenvalue weighted by Gasteiger charge is -2.26. The molecule has 4 heteroatoms. The number of alkyl halides is 3. The highest BCUT2D eigenvalue weighted by molar-refractivity contribution is 5.37. The molecule has 1 fully saturated rings. The van der Waals surface area contributed by atoms with Crippen molar-refractivity contribution >= 4 is 0 Å². The molecule has 29 heavy (non-hydrogen) atoms. The molecule has 0 bridgehead atoms. The second kappa shape index (κ2) is 9.69. The zero-order chi connectivity index (χ0) is 20.7. The van der Waals surface area contributed by atoms with Crippen LogP contribution >= 0.6 is 0 Å². The summed E-state index contributed by atoms with van der Waals surface area (Å²) in [6.07, 6.45) is 3.28. The highest BCUT2D eigenvalue weighted by Crippen LogP contribution is 2.36. The molecule has 0 atom stereocenters. The maximum Gasteiger partial charge on any atom is 0.573 e. The first kappa shape index (κ1) is 21.0. The molecule has 0 radical (unpaired) electrons. The van der Waals surface area contributed by atoms with Crippen LogP contribution in [-0.2, 0) is 6.42 Å². The Labute approximate surface area is 170 Å². The summed E-state index contributed by atoms with van der Waals surface area (Å²) in [6.45, 7) is 3.75. The van der Waals surface area contributed by atoms with Gasteiger partial charge in [-0.3, -0.25) is 0 Å². The number of benzene rings is 2. The molecule has 152 valence electrons. The fourth-order valence-electron chi connectivity index (χ4n) is 3.72. The van der Waals surface area contributed by atoms with Crippen molar-refractivity contribution in [3.63, 3.8) is 0 Å². The van der Waals surface area contributed by atoms with Gasteiger partial charge < -0.3 is 4.74 Å². The molecule has 2 aromatic carbocycles. The molecule has 0 saturated heterocycles. The van der Waals surface area contributed by atoms with Gasteiger partial charge in [0.25, 0.3) is 0 Å². The number of hydrogen-bond donors (Lipinski definition) is 0. The van der Waals surface area contributed by atoms with Crippen LogP contribution in [-0.4, -0.2) is 6.36 Å². The molecule has 0 aliphatic heterocycles. The summed E-state index contributed by atoms with van der Waals surface area (Å²) in [5, 5.41) is 0. The largest absolute Gasteiger partial charge is 0.573 e. The third kappa shape index (κ3) is 6.71. The maximum absolute atomic E-state index is 12.3. The first-order valence-corrected chi connectivity index (χ1v) is 10.00. The Morgan fingerprint density at radius 1 is 0.966 bits per heavy atom. The number of halogens is 3. The lowest BCUT2D eigenvalue weighted by atomic mass is 9.79. The molecule has 0 spiro atoms. The van der Waals surface area contributed by atoms with E-state index in [1.54, 1.807) is 12.1 Å². The van der Waals surface area contributed by atoms with Crippen LogP contribution < -0.4 is 4.74 Å². The first-order valence-electron chi connectivity index (χ1n) is 10.00. The van der Waals surface area contributed by atoms with Crippen molar-refractivity contribution in [3.8, 4) is 17.6 Å². The molecular formula is C25H25F3O. The van der Waals surface area contributed by atoms with Gasteiger partial charge in [0, 0.05) is 11.5 Å². The molecule has 0 aromatic heterocycles. The minimum Gasteiger partial charge on any atom is -0.406 e. The molecule has 3 rings (SSSR count). The van der Waals surface area contributed by atoms with Crippen LogP contribution in [0.3, 0.4) is 0 Å². The van der Waals surface area contributed by atoms with E-state index in [2.05, 4.69) is 47.4 Å². The van der Waals surface area contributed by atoms with Crippen molar-refractivity contribution in [3.05, 3.63) is 77.9 Å². The zero-order valence-corrected chi connectivity index (χ0v) is 16.3. The van der Waals surface area contributed by atoms with E-state index in [-0.39, 0.29) is 5.75 Å². The smallest absolute Gasteiger partial charge is 0.406 e. The zero-order valence-electron chi connectivity index (χ0n) is 16.3. The Morgan fingerprint density at radius 2 is 1.62 bits per heavy atom. The maximum atomic E-state index is 12.3. The number of allylic oxidation sites excluding steroid dienone is 1. The average molecular weight is 398 g/mol. The second-order valence-corrected chi connectivity index (χ2v) is 7.46.